The first-order valence-corrected chi connectivity index (χ1v) is 6.53. The van der Waals surface area contributed by atoms with Gasteiger partial charge in [0, 0.05) is 24.6 Å². The molecule has 1 atom stereocenters. The first-order chi connectivity index (χ1) is 9.06. The Labute approximate surface area is 112 Å². The van der Waals surface area contributed by atoms with E-state index in [1.165, 1.54) is 0 Å². The van der Waals surface area contributed by atoms with Crippen LogP contribution in [0, 0.1) is 0 Å². The van der Waals surface area contributed by atoms with E-state index in [2.05, 4.69) is 5.32 Å². The van der Waals surface area contributed by atoms with Gasteiger partial charge in [0.05, 0.1) is 0 Å². The molecule has 102 valence electrons. The van der Waals surface area contributed by atoms with Gasteiger partial charge in [-0.05, 0) is 36.5 Å². The van der Waals surface area contributed by atoms with Crippen LogP contribution in [-0.2, 0) is 16.0 Å². The van der Waals surface area contributed by atoms with E-state index in [0.717, 1.165) is 29.7 Å². The van der Waals surface area contributed by atoms with Crippen molar-refractivity contribution in [1.82, 2.24) is 0 Å². The molecule has 5 N–H and O–H groups in total. The number of amides is 2. The second-order valence-corrected chi connectivity index (χ2v) is 4.93. The van der Waals surface area contributed by atoms with Crippen molar-refractivity contribution in [2.75, 3.05) is 5.32 Å². The van der Waals surface area contributed by atoms with E-state index >= 15 is 0 Å². The van der Waals surface area contributed by atoms with E-state index in [9.17, 15) is 9.59 Å². The fourth-order valence-corrected chi connectivity index (χ4v) is 2.30. The van der Waals surface area contributed by atoms with Gasteiger partial charge in [0.25, 0.3) is 0 Å². The smallest absolute Gasteiger partial charge is 0.224 e. The Balaban J connectivity index is 2.01. The number of nitrogens with two attached hydrogens (primary N) is 2. The summed E-state index contributed by atoms with van der Waals surface area (Å²) in [5.74, 6) is -0.230. The predicted octanol–water partition coefficient (Wildman–Crippen LogP) is 1.23. The Morgan fingerprint density at radius 1 is 1.37 bits per heavy atom. The lowest BCUT2D eigenvalue weighted by atomic mass is 9.95. The predicted molar refractivity (Wildman–Crippen MR) is 73.4 cm³/mol. The van der Waals surface area contributed by atoms with Crippen molar-refractivity contribution in [3.63, 3.8) is 0 Å². The molecule has 5 heteroatoms. The van der Waals surface area contributed by atoms with Gasteiger partial charge < -0.3 is 16.8 Å². The van der Waals surface area contributed by atoms with Crippen LogP contribution in [0.25, 0.3) is 0 Å². The van der Waals surface area contributed by atoms with Crippen LogP contribution >= 0.6 is 0 Å². The number of hydrogen-bond acceptors (Lipinski definition) is 3. The largest absolute Gasteiger partial charge is 0.370 e. The second-order valence-electron chi connectivity index (χ2n) is 4.93. The van der Waals surface area contributed by atoms with Crippen LogP contribution in [0.5, 0.6) is 0 Å². The Morgan fingerprint density at radius 2 is 2.16 bits per heavy atom. The first kappa shape index (κ1) is 13.5. The summed E-state index contributed by atoms with van der Waals surface area (Å²) in [5.41, 5.74) is 14.3. The third-order valence-electron chi connectivity index (χ3n) is 3.39. The summed E-state index contributed by atoms with van der Waals surface area (Å²) in [7, 11) is 0. The van der Waals surface area contributed by atoms with Crippen LogP contribution in [0.1, 0.15) is 42.9 Å². The SMILES string of the molecule is NC(=O)CCCC(N)c1ccc2c(c1)CCC(=O)N2. The van der Waals surface area contributed by atoms with Gasteiger partial charge in [0.15, 0.2) is 0 Å². The number of anilines is 1. The molecule has 2 rings (SSSR count). The average molecular weight is 261 g/mol. The second kappa shape index (κ2) is 5.84. The third-order valence-corrected chi connectivity index (χ3v) is 3.39. The van der Waals surface area contributed by atoms with Gasteiger partial charge in [0.1, 0.15) is 0 Å². The lowest BCUT2D eigenvalue weighted by Crippen LogP contribution is -2.20. The summed E-state index contributed by atoms with van der Waals surface area (Å²) in [4.78, 5) is 22.0. The minimum atomic E-state index is -0.291. The van der Waals surface area contributed by atoms with Gasteiger partial charge in [-0.15, -0.1) is 0 Å². The number of rotatable bonds is 5. The molecule has 0 fully saturated rings. The Bertz CT molecular complexity index is 499. The topological polar surface area (TPSA) is 98.2 Å². The van der Waals surface area contributed by atoms with Crippen LogP contribution in [0.2, 0.25) is 0 Å². The number of hydrogen-bond donors (Lipinski definition) is 3. The molecule has 0 aromatic heterocycles. The summed E-state index contributed by atoms with van der Waals surface area (Å²) in [6.07, 6.45) is 3.07. The maximum Gasteiger partial charge on any atom is 0.224 e. The molecule has 19 heavy (non-hydrogen) atoms. The molecule has 1 aromatic carbocycles. The standard InChI is InChI=1S/C14H19N3O2/c15-11(2-1-3-13(16)18)9-4-6-12-10(8-9)5-7-14(19)17-12/h4,6,8,11H,1-3,5,7,15H2,(H2,16,18)(H,17,19). The molecule has 1 aliphatic heterocycles. The van der Waals surface area contributed by atoms with Gasteiger partial charge in [-0.3, -0.25) is 9.59 Å². The van der Waals surface area contributed by atoms with Crippen LogP contribution in [-0.4, -0.2) is 11.8 Å². The average Bonchev–Trinajstić information content (AvgIpc) is 2.37. The Kier molecular flexibility index (Phi) is 4.16. The minimum absolute atomic E-state index is 0.0611. The van der Waals surface area contributed by atoms with Crippen molar-refractivity contribution < 1.29 is 9.59 Å². The van der Waals surface area contributed by atoms with Gasteiger partial charge in [-0.25, -0.2) is 0 Å². The molecule has 0 saturated heterocycles. The molecular weight excluding hydrogens is 242 g/mol. The highest BCUT2D eigenvalue weighted by molar-refractivity contribution is 5.93. The van der Waals surface area contributed by atoms with Crippen LogP contribution in [0.15, 0.2) is 18.2 Å². The van der Waals surface area contributed by atoms with Crippen molar-refractivity contribution in [1.29, 1.82) is 0 Å². The number of benzene rings is 1. The molecule has 0 spiro atoms. The van der Waals surface area contributed by atoms with Crippen molar-refractivity contribution in [2.45, 2.75) is 38.1 Å². The molecule has 5 nitrogen and oxygen atoms in total. The normalized spacial score (nSPS) is 15.5. The lowest BCUT2D eigenvalue weighted by molar-refractivity contribution is -0.118. The molecule has 1 aromatic rings. The number of carbonyl (C=O) groups is 2. The van der Waals surface area contributed by atoms with Gasteiger partial charge in [-0.1, -0.05) is 12.1 Å². The number of carbonyl (C=O) groups excluding carboxylic acids is 2. The molecule has 1 heterocycles. The van der Waals surface area contributed by atoms with Gasteiger partial charge in [0.2, 0.25) is 11.8 Å². The third kappa shape index (κ3) is 3.54. The van der Waals surface area contributed by atoms with Crippen LogP contribution in [0.3, 0.4) is 0 Å². The molecule has 0 radical (unpaired) electrons. The molecular formula is C14H19N3O2. The fraction of sp³-hybridized carbons (Fsp3) is 0.429. The number of nitrogens with one attached hydrogen (secondary N) is 1. The zero-order chi connectivity index (χ0) is 13.8. The minimum Gasteiger partial charge on any atom is -0.370 e. The zero-order valence-electron chi connectivity index (χ0n) is 10.8. The van der Waals surface area contributed by atoms with E-state index in [0.29, 0.717) is 19.3 Å². The molecule has 1 unspecified atom stereocenters. The summed E-state index contributed by atoms with van der Waals surface area (Å²) in [6, 6.07) is 5.78. The maximum absolute atomic E-state index is 11.3. The van der Waals surface area contributed by atoms with Crippen LogP contribution in [0.4, 0.5) is 5.69 Å². The van der Waals surface area contributed by atoms with Crippen LogP contribution < -0.4 is 16.8 Å². The summed E-state index contributed by atoms with van der Waals surface area (Å²) in [6.45, 7) is 0. The summed E-state index contributed by atoms with van der Waals surface area (Å²) < 4.78 is 0. The Morgan fingerprint density at radius 3 is 2.89 bits per heavy atom. The highest BCUT2D eigenvalue weighted by atomic mass is 16.1. The van der Waals surface area contributed by atoms with Gasteiger partial charge >= 0.3 is 0 Å². The zero-order valence-corrected chi connectivity index (χ0v) is 10.8. The highest BCUT2D eigenvalue weighted by Gasteiger charge is 2.16. The van der Waals surface area contributed by atoms with E-state index in [4.69, 9.17) is 11.5 Å². The summed E-state index contributed by atoms with van der Waals surface area (Å²) >= 11 is 0. The summed E-state index contributed by atoms with van der Waals surface area (Å²) in [5, 5.41) is 2.84. The fourth-order valence-electron chi connectivity index (χ4n) is 2.30. The van der Waals surface area contributed by atoms with E-state index in [1.807, 2.05) is 18.2 Å². The highest BCUT2D eigenvalue weighted by Crippen LogP contribution is 2.26. The molecule has 2 amide bonds. The van der Waals surface area contributed by atoms with Gasteiger partial charge in [-0.2, -0.15) is 0 Å². The molecule has 0 saturated carbocycles. The molecule has 1 aliphatic rings. The van der Waals surface area contributed by atoms with Crippen molar-refractivity contribution in [3.05, 3.63) is 29.3 Å². The first-order valence-electron chi connectivity index (χ1n) is 6.53. The monoisotopic (exact) mass is 261 g/mol. The van der Waals surface area contributed by atoms with E-state index in [1.54, 1.807) is 0 Å². The number of fused-ring (bicyclic) bond motifs is 1. The van der Waals surface area contributed by atoms with Crippen molar-refractivity contribution in [3.8, 4) is 0 Å². The van der Waals surface area contributed by atoms with Crippen molar-refractivity contribution >= 4 is 17.5 Å². The maximum atomic E-state index is 11.3. The molecule has 0 aliphatic carbocycles. The van der Waals surface area contributed by atoms with E-state index < -0.39 is 0 Å². The van der Waals surface area contributed by atoms with Crippen molar-refractivity contribution in [2.24, 2.45) is 11.5 Å². The van der Waals surface area contributed by atoms with E-state index in [-0.39, 0.29) is 17.9 Å². The number of aryl methyl sites for hydroxylation is 1. The number of primary amides is 1. The Hall–Kier alpha value is -1.88. The molecule has 0 bridgehead atoms. The lowest BCUT2D eigenvalue weighted by Gasteiger charge is -2.19. The quantitative estimate of drug-likeness (QED) is 0.743.